The molecule has 0 atom stereocenters. The van der Waals surface area contributed by atoms with Crippen molar-refractivity contribution in [1.82, 2.24) is 0 Å². The molecule has 1 N–H and O–H groups in total. The maximum atomic E-state index is 12.9. The van der Waals surface area contributed by atoms with E-state index in [0.717, 1.165) is 0 Å². The van der Waals surface area contributed by atoms with Crippen molar-refractivity contribution in [1.29, 1.82) is 0 Å². The maximum Gasteiger partial charge on any atom is 0.229 e. The van der Waals surface area contributed by atoms with E-state index in [0.29, 0.717) is 27.6 Å². The van der Waals surface area contributed by atoms with Crippen LogP contribution in [0.15, 0.2) is 42.5 Å². The molecule has 0 saturated heterocycles. The number of para-hydroxylation sites is 1. The first-order valence-electron chi connectivity index (χ1n) is 7.52. The van der Waals surface area contributed by atoms with Crippen LogP contribution in [0.3, 0.4) is 0 Å². The summed E-state index contributed by atoms with van der Waals surface area (Å²) >= 11 is 6.05. The number of hydrogen-bond acceptors (Lipinski definition) is 3. The Hall–Kier alpha value is -2.33. The fraction of sp³-hybridized carbons (Fsp3) is 0.263. The van der Waals surface area contributed by atoms with Crippen LogP contribution in [-0.2, 0) is 4.79 Å². The Morgan fingerprint density at radius 1 is 1.04 bits per heavy atom. The van der Waals surface area contributed by atoms with Crippen molar-refractivity contribution in [2.45, 2.75) is 20.8 Å². The number of ketones is 1. The van der Waals surface area contributed by atoms with Crippen molar-refractivity contribution < 1.29 is 14.3 Å². The second kappa shape index (κ2) is 7.05. The maximum absolute atomic E-state index is 12.9. The highest BCUT2D eigenvalue weighted by atomic mass is 35.5. The quantitative estimate of drug-likeness (QED) is 0.826. The molecule has 1 amide bonds. The smallest absolute Gasteiger partial charge is 0.229 e. The van der Waals surface area contributed by atoms with Gasteiger partial charge >= 0.3 is 0 Å². The van der Waals surface area contributed by atoms with Crippen molar-refractivity contribution in [2.75, 3.05) is 12.4 Å². The molecule has 0 saturated carbocycles. The third-order valence-electron chi connectivity index (χ3n) is 3.51. The normalized spacial score (nSPS) is 11.0. The number of carbonyl (C=O) groups is 2. The molecule has 2 rings (SSSR count). The summed E-state index contributed by atoms with van der Waals surface area (Å²) in [5, 5.41) is 3.23. The molecule has 2 aromatic rings. The van der Waals surface area contributed by atoms with Crippen molar-refractivity contribution in [2.24, 2.45) is 5.41 Å². The van der Waals surface area contributed by atoms with Crippen molar-refractivity contribution >= 4 is 29.0 Å². The lowest BCUT2D eigenvalue weighted by molar-refractivity contribution is -0.123. The summed E-state index contributed by atoms with van der Waals surface area (Å²) in [4.78, 5) is 25.2. The molecule has 24 heavy (non-hydrogen) atoms. The van der Waals surface area contributed by atoms with Crippen LogP contribution in [0.1, 0.15) is 36.7 Å². The first kappa shape index (κ1) is 18.0. The largest absolute Gasteiger partial charge is 0.496 e. The average molecular weight is 346 g/mol. The Morgan fingerprint density at radius 2 is 1.71 bits per heavy atom. The summed E-state index contributed by atoms with van der Waals surface area (Å²) in [6, 6.07) is 11.8. The average Bonchev–Trinajstić information content (AvgIpc) is 2.54. The lowest BCUT2D eigenvalue weighted by Crippen LogP contribution is -2.28. The Kier molecular flexibility index (Phi) is 5.30. The monoisotopic (exact) mass is 345 g/mol. The summed E-state index contributed by atoms with van der Waals surface area (Å²) < 4.78 is 5.25. The predicted octanol–water partition coefficient (Wildman–Crippen LogP) is 4.56. The Labute approximate surface area is 146 Å². The molecule has 0 spiro atoms. The van der Waals surface area contributed by atoms with Gasteiger partial charge in [-0.15, -0.1) is 0 Å². The molecule has 0 aliphatic rings. The van der Waals surface area contributed by atoms with Crippen LogP contribution in [0.2, 0.25) is 5.02 Å². The molecule has 4 nitrogen and oxygen atoms in total. The van der Waals surface area contributed by atoms with Crippen LogP contribution in [-0.4, -0.2) is 18.8 Å². The van der Waals surface area contributed by atoms with Gasteiger partial charge in [-0.25, -0.2) is 0 Å². The number of amides is 1. The summed E-state index contributed by atoms with van der Waals surface area (Å²) in [5.74, 6) is 0.0219. The van der Waals surface area contributed by atoms with Crippen LogP contribution < -0.4 is 10.1 Å². The minimum absolute atomic E-state index is 0.182. The van der Waals surface area contributed by atoms with Gasteiger partial charge < -0.3 is 10.1 Å². The molecular formula is C19H20ClNO3. The fourth-order valence-corrected chi connectivity index (χ4v) is 2.27. The minimum atomic E-state index is -0.579. The first-order chi connectivity index (χ1) is 11.2. The third kappa shape index (κ3) is 3.95. The third-order valence-corrected chi connectivity index (χ3v) is 3.74. The van der Waals surface area contributed by atoms with E-state index >= 15 is 0 Å². The van der Waals surface area contributed by atoms with Crippen LogP contribution in [0.25, 0.3) is 0 Å². The molecular weight excluding hydrogens is 326 g/mol. The molecule has 0 aliphatic heterocycles. The number of anilines is 1. The molecule has 0 bridgehead atoms. The minimum Gasteiger partial charge on any atom is -0.496 e. The molecule has 0 radical (unpaired) electrons. The zero-order chi connectivity index (χ0) is 17.9. The van der Waals surface area contributed by atoms with Crippen molar-refractivity contribution in [3.8, 4) is 5.75 Å². The number of rotatable bonds is 4. The second-order valence-corrected chi connectivity index (χ2v) is 6.86. The van der Waals surface area contributed by atoms with Gasteiger partial charge in [-0.1, -0.05) is 44.5 Å². The van der Waals surface area contributed by atoms with Gasteiger partial charge in [0.1, 0.15) is 5.75 Å². The number of benzene rings is 2. The fourth-order valence-electron chi connectivity index (χ4n) is 2.10. The Bertz CT molecular complexity index is 778. The van der Waals surface area contributed by atoms with Gasteiger partial charge in [0.2, 0.25) is 5.91 Å². The molecule has 5 heteroatoms. The first-order valence-corrected chi connectivity index (χ1v) is 7.90. The van der Waals surface area contributed by atoms with E-state index in [9.17, 15) is 9.59 Å². The lowest BCUT2D eigenvalue weighted by atomic mass is 9.94. The van der Waals surface area contributed by atoms with Crippen LogP contribution in [0.5, 0.6) is 5.75 Å². The van der Waals surface area contributed by atoms with Crippen LogP contribution in [0, 0.1) is 5.41 Å². The number of halogens is 1. The van der Waals surface area contributed by atoms with Crippen molar-refractivity contribution in [3.05, 3.63) is 58.6 Å². The highest BCUT2D eigenvalue weighted by Crippen LogP contribution is 2.28. The summed E-state index contributed by atoms with van der Waals surface area (Å²) in [6.07, 6.45) is 0. The van der Waals surface area contributed by atoms with Gasteiger partial charge in [0.05, 0.1) is 18.4 Å². The molecule has 126 valence electrons. The van der Waals surface area contributed by atoms with Gasteiger partial charge in [-0.05, 0) is 30.3 Å². The van der Waals surface area contributed by atoms with Gasteiger partial charge in [0.25, 0.3) is 0 Å². The summed E-state index contributed by atoms with van der Waals surface area (Å²) in [6.45, 7) is 5.42. The zero-order valence-corrected chi connectivity index (χ0v) is 14.9. The van der Waals surface area contributed by atoms with E-state index in [1.54, 1.807) is 63.2 Å². The predicted molar refractivity (Wildman–Crippen MR) is 96.0 cm³/mol. The Morgan fingerprint density at radius 3 is 2.33 bits per heavy atom. The van der Waals surface area contributed by atoms with Gasteiger partial charge in [-0.2, -0.15) is 0 Å². The van der Waals surface area contributed by atoms with Gasteiger partial charge in [0, 0.05) is 16.0 Å². The van der Waals surface area contributed by atoms with E-state index in [-0.39, 0.29) is 11.7 Å². The van der Waals surface area contributed by atoms with E-state index in [4.69, 9.17) is 16.3 Å². The van der Waals surface area contributed by atoms with E-state index in [2.05, 4.69) is 5.32 Å². The number of nitrogens with one attached hydrogen (secondary N) is 1. The molecule has 2 aromatic carbocycles. The summed E-state index contributed by atoms with van der Waals surface area (Å²) in [7, 11) is 1.51. The topological polar surface area (TPSA) is 55.4 Å². The number of hydrogen-bond donors (Lipinski definition) is 1. The Balaban J connectivity index is 2.47. The lowest BCUT2D eigenvalue weighted by Gasteiger charge is -2.19. The van der Waals surface area contributed by atoms with Crippen LogP contribution in [0.4, 0.5) is 5.69 Å². The zero-order valence-electron chi connectivity index (χ0n) is 14.1. The van der Waals surface area contributed by atoms with Crippen molar-refractivity contribution in [3.63, 3.8) is 0 Å². The summed E-state index contributed by atoms with van der Waals surface area (Å²) in [5.41, 5.74) is 0.582. The number of ether oxygens (including phenoxy) is 1. The molecule has 0 unspecified atom stereocenters. The molecule has 0 heterocycles. The number of methoxy groups -OCH3 is 1. The SMILES string of the molecule is COc1ccccc1C(=O)c1cc(Cl)ccc1NC(=O)C(C)(C)C. The van der Waals surface area contributed by atoms with E-state index in [1.165, 1.54) is 7.11 Å². The molecule has 0 aromatic heterocycles. The van der Waals surface area contributed by atoms with E-state index < -0.39 is 5.41 Å². The highest BCUT2D eigenvalue weighted by molar-refractivity contribution is 6.31. The van der Waals surface area contributed by atoms with Gasteiger partial charge in [-0.3, -0.25) is 9.59 Å². The van der Waals surface area contributed by atoms with Gasteiger partial charge in [0.15, 0.2) is 5.78 Å². The molecule has 0 aliphatic carbocycles. The number of carbonyl (C=O) groups excluding carboxylic acids is 2. The standard InChI is InChI=1S/C19H20ClNO3/c1-19(2,3)18(23)21-15-10-9-12(20)11-14(15)17(22)13-7-5-6-8-16(13)24-4/h5-11H,1-4H3,(H,21,23). The van der Waals surface area contributed by atoms with Crippen LogP contribution >= 0.6 is 11.6 Å². The molecule has 0 fully saturated rings. The highest BCUT2D eigenvalue weighted by Gasteiger charge is 2.24. The van der Waals surface area contributed by atoms with E-state index in [1.807, 2.05) is 0 Å². The second-order valence-electron chi connectivity index (χ2n) is 6.42.